The van der Waals surface area contributed by atoms with Crippen LogP contribution in [0.2, 0.25) is 0 Å². The van der Waals surface area contributed by atoms with Gasteiger partial charge >= 0.3 is 17.9 Å². The summed E-state index contributed by atoms with van der Waals surface area (Å²) in [7, 11) is 0. The number of carboxylic acids is 3. The van der Waals surface area contributed by atoms with E-state index >= 15 is 0 Å². The molecule has 1 rings (SSSR count). The van der Waals surface area contributed by atoms with E-state index in [-0.39, 0.29) is 0 Å². The second-order valence-corrected chi connectivity index (χ2v) is 3.48. The van der Waals surface area contributed by atoms with Crippen LogP contribution in [0.4, 0.5) is 0 Å². The van der Waals surface area contributed by atoms with Crippen molar-refractivity contribution in [2.45, 2.75) is 5.60 Å². The topological polar surface area (TPSA) is 173 Å². The molecule has 0 aromatic heterocycles. The number of hydrogen-bond donors (Lipinski definition) is 6. The molecule has 98 valence electrons. The molecule has 1 aliphatic carbocycles. The van der Waals surface area contributed by atoms with Crippen molar-refractivity contribution >= 4 is 17.9 Å². The van der Waals surface area contributed by atoms with Crippen molar-refractivity contribution in [1.82, 2.24) is 0 Å². The molecule has 2 atom stereocenters. The first kappa shape index (κ1) is 13.5. The van der Waals surface area contributed by atoms with Crippen molar-refractivity contribution in [1.29, 1.82) is 0 Å². The van der Waals surface area contributed by atoms with Crippen LogP contribution in [0.3, 0.4) is 0 Å². The highest BCUT2D eigenvalue weighted by molar-refractivity contribution is 6.03. The van der Waals surface area contributed by atoms with Crippen molar-refractivity contribution in [2.75, 3.05) is 0 Å². The van der Waals surface area contributed by atoms with Gasteiger partial charge in [0.1, 0.15) is 17.1 Å². The van der Waals surface area contributed by atoms with Crippen LogP contribution in [0.1, 0.15) is 0 Å². The Labute approximate surface area is 98.5 Å². The van der Waals surface area contributed by atoms with E-state index in [1.54, 1.807) is 0 Å². The second kappa shape index (κ2) is 4.04. The van der Waals surface area contributed by atoms with Crippen molar-refractivity contribution in [3.05, 3.63) is 23.2 Å². The third kappa shape index (κ3) is 1.66. The number of allylic oxidation sites excluding steroid dienone is 1. The number of hydrogen-bond acceptors (Lipinski definition) is 6. The average Bonchev–Trinajstić information content (AvgIpc) is 2.13. The molecule has 1 aliphatic rings. The Morgan fingerprint density at radius 2 is 1.61 bits per heavy atom. The van der Waals surface area contributed by atoms with E-state index in [1.807, 2.05) is 0 Å². The van der Waals surface area contributed by atoms with E-state index < -0.39 is 46.5 Å². The third-order valence-electron chi connectivity index (χ3n) is 2.42. The van der Waals surface area contributed by atoms with Gasteiger partial charge in [-0.25, -0.2) is 9.59 Å². The molecule has 9 heteroatoms. The first-order valence-corrected chi connectivity index (χ1v) is 4.40. The first-order chi connectivity index (χ1) is 8.13. The molecule has 18 heavy (non-hydrogen) atoms. The van der Waals surface area contributed by atoms with E-state index in [9.17, 15) is 29.7 Å². The summed E-state index contributed by atoms with van der Waals surface area (Å²) < 4.78 is 0. The minimum atomic E-state index is -3.47. The minimum Gasteiger partial charge on any atom is -0.511 e. The molecule has 9 nitrogen and oxygen atoms in total. The summed E-state index contributed by atoms with van der Waals surface area (Å²) in [6.07, 6.45) is 0.361. The summed E-state index contributed by atoms with van der Waals surface area (Å²) >= 11 is 0. The van der Waals surface area contributed by atoms with E-state index in [2.05, 4.69) is 0 Å². The van der Waals surface area contributed by atoms with Crippen molar-refractivity contribution in [3.63, 3.8) is 0 Å². The van der Waals surface area contributed by atoms with Gasteiger partial charge in [-0.15, -0.1) is 0 Å². The Bertz CT molecular complexity index is 500. The zero-order valence-corrected chi connectivity index (χ0v) is 8.56. The Balaban J connectivity index is 3.64. The monoisotopic (exact) mass is 260 g/mol. The van der Waals surface area contributed by atoms with Gasteiger partial charge in [-0.05, 0) is 0 Å². The highest BCUT2D eigenvalue weighted by Crippen LogP contribution is 2.37. The van der Waals surface area contributed by atoms with E-state index in [0.717, 1.165) is 0 Å². The number of rotatable bonds is 3. The maximum Gasteiger partial charge on any atom is 0.342 e. The molecule has 0 saturated carbocycles. The Morgan fingerprint density at radius 1 is 1.11 bits per heavy atom. The van der Waals surface area contributed by atoms with Gasteiger partial charge in [0.15, 0.2) is 5.92 Å². The maximum absolute atomic E-state index is 10.9. The van der Waals surface area contributed by atoms with E-state index in [4.69, 9.17) is 15.3 Å². The van der Waals surface area contributed by atoms with Crippen LogP contribution in [0, 0.1) is 5.92 Å². The summed E-state index contributed by atoms with van der Waals surface area (Å²) in [5.41, 5.74) is -4.90. The van der Waals surface area contributed by atoms with Crippen LogP contribution in [0.5, 0.6) is 0 Å². The largest absolute Gasteiger partial charge is 0.511 e. The van der Waals surface area contributed by atoms with Crippen molar-refractivity contribution in [3.8, 4) is 0 Å². The summed E-state index contributed by atoms with van der Waals surface area (Å²) in [4.78, 5) is 32.6. The molecule has 0 spiro atoms. The first-order valence-electron chi connectivity index (χ1n) is 4.40. The lowest BCUT2D eigenvalue weighted by Gasteiger charge is -2.32. The maximum atomic E-state index is 10.9. The summed E-state index contributed by atoms with van der Waals surface area (Å²) in [5.74, 6) is -11.0. The van der Waals surface area contributed by atoms with Gasteiger partial charge in [-0.1, -0.05) is 0 Å². The van der Waals surface area contributed by atoms with Crippen molar-refractivity contribution < 1.29 is 45.0 Å². The average molecular weight is 260 g/mol. The van der Waals surface area contributed by atoms with Gasteiger partial charge in [-0.2, -0.15) is 0 Å². The van der Waals surface area contributed by atoms with E-state index in [0.29, 0.717) is 6.08 Å². The molecule has 2 unspecified atom stereocenters. The zero-order chi connectivity index (χ0) is 14.2. The molecular formula is C9H8O9. The van der Waals surface area contributed by atoms with Gasteiger partial charge in [0.25, 0.3) is 0 Å². The summed E-state index contributed by atoms with van der Waals surface area (Å²) in [6, 6.07) is 0. The molecule has 0 bridgehead atoms. The number of aliphatic hydroxyl groups excluding tert-OH is 2. The molecule has 0 aromatic rings. The van der Waals surface area contributed by atoms with Crippen LogP contribution in [0.25, 0.3) is 0 Å². The summed E-state index contributed by atoms with van der Waals surface area (Å²) in [6.45, 7) is 0. The Kier molecular flexibility index (Phi) is 3.03. The molecule has 0 fully saturated rings. The van der Waals surface area contributed by atoms with Gasteiger partial charge in [-0.3, -0.25) is 4.79 Å². The van der Waals surface area contributed by atoms with Gasteiger partial charge in [0, 0.05) is 6.08 Å². The van der Waals surface area contributed by atoms with Crippen LogP contribution < -0.4 is 0 Å². The Hall–Kier alpha value is -2.55. The quantitative estimate of drug-likeness (QED) is 0.366. The lowest BCUT2D eigenvalue weighted by Crippen LogP contribution is -2.55. The number of carboxylic acid groups (broad SMARTS) is 3. The second-order valence-electron chi connectivity index (χ2n) is 3.48. The molecule has 0 saturated heterocycles. The fourth-order valence-corrected chi connectivity index (χ4v) is 1.66. The van der Waals surface area contributed by atoms with Gasteiger partial charge in [0.2, 0.25) is 5.60 Å². The fourth-order valence-electron chi connectivity index (χ4n) is 1.66. The highest BCUT2D eigenvalue weighted by Gasteiger charge is 2.59. The summed E-state index contributed by atoms with van der Waals surface area (Å²) in [5, 5.41) is 54.6. The van der Waals surface area contributed by atoms with Crippen LogP contribution >= 0.6 is 0 Å². The molecule has 0 radical (unpaired) electrons. The lowest BCUT2D eigenvalue weighted by molar-refractivity contribution is -0.171. The SMILES string of the molecule is O=C(O)C1=C(O)C=C(O)C(C(=O)O)C1(O)C(=O)O. The van der Waals surface area contributed by atoms with Crippen molar-refractivity contribution in [2.24, 2.45) is 5.92 Å². The van der Waals surface area contributed by atoms with E-state index in [1.165, 1.54) is 0 Å². The zero-order valence-electron chi connectivity index (χ0n) is 8.56. The molecule has 0 aromatic carbocycles. The lowest BCUT2D eigenvalue weighted by atomic mass is 9.75. The van der Waals surface area contributed by atoms with Gasteiger partial charge < -0.3 is 30.6 Å². The smallest absolute Gasteiger partial charge is 0.342 e. The molecule has 0 aliphatic heterocycles. The molecule has 6 N–H and O–H groups in total. The number of aliphatic hydroxyl groups is 3. The van der Waals surface area contributed by atoms with Gasteiger partial charge in [0.05, 0.1) is 0 Å². The highest BCUT2D eigenvalue weighted by atomic mass is 16.4. The normalized spacial score (nSPS) is 27.6. The minimum absolute atomic E-state index is 0.361. The van der Waals surface area contributed by atoms with Crippen LogP contribution in [-0.2, 0) is 14.4 Å². The Morgan fingerprint density at radius 3 is 1.94 bits per heavy atom. The van der Waals surface area contributed by atoms with Crippen LogP contribution in [-0.4, -0.2) is 54.1 Å². The molecule has 0 amide bonds. The fraction of sp³-hybridized carbons (Fsp3) is 0.222. The predicted molar refractivity (Wildman–Crippen MR) is 51.7 cm³/mol. The number of carbonyl (C=O) groups is 3. The number of aliphatic carboxylic acids is 3. The molecular weight excluding hydrogens is 252 g/mol. The van der Waals surface area contributed by atoms with Crippen LogP contribution in [0.15, 0.2) is 23.2 Å². The predicted octanol–water partition coefficient (Wildman–Crippen LogP) is -1.14. The molecule has 0 heterocycles. The third-order valence-corrected chi connectivity index (χ3v) is 2.42. The standard InChI is InChI=1S/C9H8O9/c10-2-1-3(11)5(7(14)15)9(18,8(16)17)4(2)6(12)13/h1,4,10-11,18H,(H,12,13)(H,14,15)(H,16,17).